The Morgan fingerprint density at radius 3 is 2.95 bits per heavy atom. The fourth-order valence-electron chi connectivity index (χ4n) is 2.33. The predicted octanol–water partition coefficient (Wildman–Crippen LogP) is 0.610. The Balaban J connectivity index is 1.89. The highest BCUT2D eigenvalue weighted by atomic mass is 16.1. The number of hydrogen-bond donors (Lipinski definition) is 0. The maximum Gasteiger partial charge on any atom is 0.266 e. The third-order valence-corrected chi connectivity index (χ3v) is 3.44. The molecule has 0 radical (unpaired) electrons. The van der Waals surface area contributed by atoms with E-state index in [0.717, 1.165) is 30.0 Å². The summed E-state index contributed by atoms with van der Waals surface area (Å²) in [7, 11) is 1.66. The molecule has 1 aliphatic rings. The standard InChI is InChI=1S/C14H13N5O/c1-18-14(20)6-11-9-19(5-4-12(11)17-18)13-3-2-10(7-15)8-16-13/h2-3,6,8H,4-5,9H2,1H3. The van der Waals surface area contributed by atoms with Crippen molar-refractivity contribution < 1.29 is 0 Å². The highest BCUT2D eigenvalue weighted by molar-refractivity contribution is 5.44. The van der Waals surface area contributed by atoms with Crippen molar-refractivity contribution in [2.75, 3.05) is 11.4 Å². The van der Waals surface area contributed by atoms with Crippen LogP contribution in [0.1, 0.15) is 16.8 Å². The summed E-state index contributed by atoms with van der Waals surface area (Å²) in [4.78, 5) is 18.0. The van der Waals surface area contributed by atoms with Gasteiger partial charge in [-0.15, -0.1) is 0 Å². The van der Waals surface area contributed by atoms with Crippen LogP contribution in [0.2, 0.25) is 0 Å². The molecule has 0 unspecified atom stereocenters. The first-order valence-corrected chi connectivity index (χ1v) is 6.34. The molecule has 6 nitrogen and oxygen atoms in total. The first kappa shape index (κ1) is 12.4. The minimum atomic E-state index is -0.0987. The third-order valence-electron chi connectivity index (χ3n) is 3.44. The second-order valence-corrected chi connectivity index (χ2v) is 4.77. The van der Waals surface area contributed by atoms with Crippen LogP contribution in [0.5, 0.6) is 0 Å². The molecule has 2 aromatic rings. The van der Waals surface area contributed by atoms with Crippen LogP contribution in [0.4, 0.5) is 5.82 Å². The van der Waals surface area contributed by atoms with E-state index in [2.05, 4.69) is 21.1 Å². The molecule has 0 saturated carbocycles. The van der Waals surface area contributed by atoms with Gasteiger partial charge in [0.15, 0.2) is 0 Å². The molecular weight excluding hydrogens is 254 g/mol. The molecule has 3 rings (SSSR count). The minimum Gasteiger partial charge on any atom is -0.352 e. The van der Waals surface area contributed by atoms with E-state index in [1.165, 1.54) is 4.68 Å². The van der Waals surface area contributed by atoms with E-state index in [9.17, 15) is 4.79 Å². The summed E-state index contributed by atoms with van der Waals surface area (Å²) in [5.74, 6) is 0.815. The summed E-state index contributed by atoms with van der Waals surface area (Å²) in [6.45, 7) is 1.43. The summed E-state index contributed by atoms with van der Waals surface area (Å²) >= 11 is 0. The van der Waals surface area contributed by atoms with Gasteiger partial charge >= 0.3 is 0 Å². The van der Waals surface area contributed by atoms with E-state index in [1.54, 1.807) is 25.4 Å². The Morgan fingerprint density at radius 1 is 1.40 bits per heavy atom. The molecule has 20 heavy (non-hydrogen) atoms. The van der Waals surface area contributed by atoms with Crippen molar-refractivity contribution in [2.45, 2.75) is 13.0 Å². The summed E-state index contributed by atoms with van der Waals surface area (Å²) in [6, 6.07) is 7.27. The van der Waals surface area contributed by atoms with Gasteiger partial charge in [-0.2, -0.15) is 10.4 Å². The van der Waals surface area contributed by atoms with Gasteiger partial charge in [0.25, 0.3) is 5.56 Å². The highest BCUT2D eigenvalue weighted by Crippen LogP contribution is 2.20. The van der Waals surface area contributed by atoms with Gasteiger partial charge in [0.2, 0.25) is 0 Å². The summed E-state index contributed by atoms with van der Waals surface area (Å²) in [6.07, 6.45) is 2.35. The first-order chi connectivity index (χ1) is 9.67. The van der Waals surface area contributed by atoms with E-state index >= 15 is 0 Å². The smallest absolute Gasteiger partial charge is 0.266 e. The Bertz CT molecular complexity index is 742. The molecule has 0 amide bonds. The zero-order valence-corrected chi connectivity index (χ0v) is 11.1. The fraction of sp³-hybridized carbons (Fsp3) is 0.286. The highest BCUT2D eigenvalue weighted by Gasteiger charge is 2.19. The SMILES string of the molecule is Cn1nc2c(cc1=O)CN(c1ccc(C#N)cn1)CC2. The lowest BCUT2D eigenvalue weighted by molar-refractivity contribution is 0.622. The van der Waals surface area contributed by atoms with Crippen molar-refractivity contribution in [3.05, 3.63) is 51.6 Å². The number of fused-ring (bicyclic) bond motifs is 1. The van der Waals surface area contributed by atoms with Crippen molar-refractivity contribution in [3.63, 3.8) is 0 Å². The van der Waals surface area contributed by atoms with Crippen LogP contribution in [0.3, 0.4) is 0 Å². The molecule has 0 bridgehead atoms. The Morgan fingerprint density at radius 2 is 2.25 bits per heavy atom. The molecule has 0 N–H and O–H groups in total. The number of nitrogens with zero attached hydrogens (tertiary/aromatic N) is 5. The molecule has 2 aromatic heterocycles. The van der Waals surface area contributed by atoms with Gasteiger partial charge in [-0.25, -0.2) is 9.67 Å². The van der Waals surface area contributed by atoms with E-state index in [0.29, 0.717) is 12.1 Å². The second-order valence-electron chi connectivity index (χ2n) is 4.77. The van der Waals surface area contributed by atoms with E-state index in [1.807, 2.05) is 6.07 Å². The Labute approximate surface area is 115 Å². The Kier molecular flexibility index (Phi) is 2.95. The van der Waals surface area contributed by atoms with Crippen molar-refractivity contribution in [2.24, 2.45) is 7.05 Å². The monoisotopic (exact) mass is 267 g/mol. The van der Waals surface area contributed by atoms with Gasteiger partial charge in [0.1, 0.15) is 11.9 Å². The van der Waals surface area contributed by atoms with Crippen molar-refractivity contribution in [1.29, 1.82) is 5.26 Å². The van der Waals surface area contributed by atoms with Gasteiger partial charge < -0.3 is 4.90 Å². The molecule has 0 aromatic carbocycles. The van der Waals surface area contributed by atoms with Crippen LogP contribution in [0.25, 0.3) is 0 Å². The number of nitriles is 1. The molecule has 0 saturated heterocycles. The average Bonchev–Trinajstić information content (AvgIpc) is 2.48. The van der Waals surface area contributed by atoms with Crippen molar-refractivity contribution in [3.8, 4) is 6.07 Å². The van der Waals surface area contributed by atoms with Crippen LogP contribution in [-0.4, -0.2) is 21.3 Å². The van der Waals surface area contributed by atoms with Gasteiger partial charge in [0.05, 0.1) is 11.3 Å². The first-order valence-electron chi connectivity index (χ1n) is 6.34. The molecule has 1 aliphatic heterocycles. The van der Waals surface area contributed by atoms with Crippen LogP contribution in [0, 0.1) is 11.3 Å². The number of aromatic nitrogens is 3. The third kappa shape index (κ3) is 2.14. The maximum absolute atomic E-state index is 11.6. The quantitative estimate of drug-likeness (QED) is 0.756. The minimum absolute atomic E-state index is 0.0987. The summed E-state index contributed by atoms with van der Waals surface area (Å²) in [5.41, 5.74) is 2.36. The normalized spacial score (nSPS) is 13.7. The number of anilines is 1. The van der Waals surface area contributed by atoms with Crippen molar-refractivity contribution in [1.82, 2.24) is 14.8 Å². The van der Waals surface area contributed by atoms with Crippen LogP contribution < -0.4 is 10.5 Å². The molecule has 0 atom stereocenters. The zero-order chi connectivity index (χ0) is 14.1. The lowest BCUT2D eigenvalue weighted by atomic mass is 10.1. The average molecular weight is 267 g/mol. The summed E-state index contributed by atoms with van der Waals surface area (Å²) < 4.78 is 1.37. The molecular formula is C14H13N5O. The summed E-state index contributed by atoms with van der Waals surface area (Å²) in [5, 5.41) is 13.1. The second kappa shape index (κ2) is 4.78. The molecule has 0 fully saturated rings. The lowest BCUT2D eigenvalue weighted by Crippen LogP contribution is -2.34. The maximum atomic E-state index is 11.6. The fourth-order valence-corrected chi connectivity index (χ4v) is 2.33. The van der Waals surface area contributed by atoms with Gasteiger partial charge in [-0.05, 0) is 12.1 Å². The molecule has 3 heterocycles. The number of rotatable bonds is 1. The van der Waals surface area contributed by atoms with Crippen molar-refractivity contribution >= 4 is 5.82 Å². The largest absolute Gasteiger partial charge is 0.352 e. The van der Waals surface area contributed by atoms with Gasteiger partial charge in [-0.3, -0.25) is 4.79 Å². The molecule has 0 aliphatic carbocycles. The lowest BCUT2D eigenvalue weighted by Gasteiger charge is -2.29. The molecule has 0 spiro atoms. The van der Waals surface area contributed by atoms with E-state index < -0.39 is 0 Å². The molecule has 100 valence electrons. The van der Waals surface area contributed by atoms with Crippen LogP contribution in [-0.2, 0) is 20.0 Å². The molecule has 6 heteroatoms. The van der Waals surface area contributed by atoms with E-state index in [4.69, 9.17) is 5.26 Å². The topological polar surface area (TPSA) is 74.8 Å². The number of pyridine rings is 1. The number of hydrogen-bond acceptors (Lipinski definition) is 5. The van der Waals surface area contributed by atoms with Gasteiger partial charge in [-0.1, -0.05) is 0 Å². The number of aryl methyl sites for hydroxylation is 1. The zero-order valence-electron chi connectivity index (χ0n) is 11.1. The Hall–Kier alpha value is -2.68. The van der Waals surface area contributed by atoms with Gasteiger partial charge in [0, 0.05) is 44.4 Å². The van der Waals surface area contributed by atoms with Crippen LogP contribution >= 0.6 is 0 Å². The predicted molar refractivity (Wildman–Crippen MR) is 73.2 cm³/mol. The van der Waals surface area contributed by atoms with E-state index in [-0.39, 0.29) is 5.56 Å². The van der Waals surface area contributed by atoms with Crippen LogP contribution in [0.15, 0.2) is 29.2 Å².